The third-order valence-corrected chi connectivity index (χ3v) is 7.83. The van der Waals surface area contributed by atoms with Gasteiger partial charge >= 0.3 is 0 Å². The van der Waals surface area contributed by atoms with Crippen LogP contribution < -0.4 is 5.30 Å². The van der Waals surface area contributed by atoms with E-state index in [9.17, 15) is 9.59 Å². The molecule has 2 atom stereocenters. The molecule has 0 bridgehead atoms. The molecule has 27 heavy (non-hydrogen) atoms. The molecule has 7 heteroatoms. The molecule has 0 unspecified atom stereocenters. The molecule has 2 aliphatic rings. The van der Waals surface area contributed by atoms with Gasteiger partial charge in [0.25, 0.3) is 0 Å². The molecule has 2 aliphatic heterocycles. The van der Waals surface area contributed by atoms with Crippen LogP contribution in [0, 0.1) is 0 Å². The number of fused-ring (bicyclic) bond motifs is 1. The summed E-state index contributed by atoms with van der Waals surface area (Å²) >= 11 is 0. The van der Waals surface area contributed by atoms with Crippen LogP contribution in [0.2, 0.25) is 0 Å². The summed E-state index contributed by atoms with van der Waals surface area (Å²) in [6.07, 6.45) is 3.65. The quantitative estimate of drug-likeness (QED) is 0.649. The predicted octanol–water partition coefficient (Wildman–Crippen LogP) is 3.76. The maximum atomic E-state index is 12.9. The number of carbonyl (C=O) groups excluding carboxylic acids is 2. The van der Waals surface area contributed by atoms with Crippen molar-refractivity contribution in [1.29, 1.82) is 0 Å². The van der Waals surface area contributed by atoms with Gasteiger partial charge in [0, 0.05) is 12.8 Å². The van der Waals surface area contributed by atoms with Gasteiger partial charge in [0.15, 0.2) is 0 Å². The highest BCUT2D eigenvalue weighted by Gasteiger charge is 2.56. The van der Waals surface area contributed by atoms with Crippen molar-refractivity contribution in [3.8, 4) is 0 Å². The molecule has 0 spiro atoms. The van der Waals surface area contributed by atoms with Gasteiger partial charge in [-0.25, -0.2) is 10.0 Å². The average molecular weight is 380 g/mol. The van der Waals surface area contributed by atoms with Gasteiger partial charge < -0.3 is 8.83 Å². The Morgan fingerprint density at radius 1 is 0.741 bits per heavy atom. The summed E-state index contributed by atoms with van der Waals surface area (Å²) in [6, 6.07) is 17.4. The highest BCUT2D eigenvalue weighted by Crippen LogP contribution is 2.69. The van der Waals surface area contributed by atoms with Gasteiger partial charge in [-0.05, 0) is 37.5 Å². The van der Waals surface area contributed by atoms with E-state index in [-0.39, 0.29) is 36.2 Å². The van der Waals surface area contributed by atoms with Gasteiger partial charge in [0.1, 0.15) is 23.1 Å². The fourth-order valence-corrected chi connectivity index (χ4v) is 6.98. The highest BCUT2D eigenvalue weighted by atomic mass is 31.1. The van der Waals surface area contributed by atoms with Crippen molar-refractivity contribution < 1.29 is 18.4 Å². The predicted molar refractivity (Wildman–Crippen MR) is 98.8 cm³/mol. The van der Waals surface area contributed by atoms with E-state index in [1.165, 1.54) is 0 Å². The second-order valence-electron chi connectivity index (χ2n) is 6.50. The third kappa shape index (κ3) is 2.52. The van der Waals surface area contributed by atoms with E-state index in [2.05, 4.69) is 0 Å². The zero-order chi connectivity index (χ0) is 18.4. The van der Waals surface area contributed by atoms with E-state index in [0.717, 1.165) is 5.30 Å². The first-order valence-electron chi connectivity index (χ1n) is 8.80. The van der Waals surface area contributed by atoms with E-state index in [1.807, 2.05) is 54.6 Å². The number of nitrogens with zero attached hydrogens (tertiary/aromatic N) is 2. The minimum atomic E-state index is -1.05. The number of hydrazine groups is 1. The Balaban J connectivity index is 1.74. The molecular weight excluding hydrogens is 363 g/mol. The molecule has 2 fully saturated rings. The minimum Gasteiger partial charge on any atom is -0.467 e. The summed E-state index contributed by atoms with van der Waals surface area (Å²) in [7, 11) is -1.05. The Bertz CT molecular complexity index is 895. The lowest BCUT2D eigenvalue weighted by Crippen LogP contribution is -2.50. The van der Waals surface area contributed by atoms with Crippen LogP contribution in [0.3, 0.4) is 0 Å². The van der Waals surface area contributed by atoms with Crippen molar-refractivity contribution in [3.63, 3.8) is 0 Å². The molecule has 4 heterocycles. The van der Waals surface area contributed by atoms with Gasteiger partial charge in [-0.15, -0.1) is 0 Å². The van der Waals surface area contributed by atoms with Crippen molar-refractivity contribution in [2.24, 2.45) is 0 Å². The molecule has 1 aromatic carbocycles. The van der Waals surface area contributed by atoms with Crippen molar-refractivity contribution in [3.05, 3.63) is 78.6 Å². The number of benzene rings is 1. The molecule has 0 radical (unpaired) electrons. The highest BCUT2D eigenvalue weighted by molar-refractivity contribution is 7.66. The van der Waals surface area contributed by atoms with Gasteiger partial charge in [-0.1, -0.05) is 30.3 Å². The summed E-state index contributed by atoms with van der Waals surface area (Å²) in [4.78, 5) is 25.8. The molecule has 6 nitrogen and oxygen atoms in total. The van der Waals surface area contributed by atoms with Crippen molar-refractivity contribution in [2.75, 3.05) is 0 Å². The Morgan fingerprint density at radius 2 is 1.26 bits per heavy atom. The average Bonchev–Trinajstić information content (AvgIpc) is 3.44. The van der Waals surface area contributed by atoms with E-state index in [4.69, 9.17) is 8.83 Å². The van der Waals surface area contributed by atoms with E-state index in [0.29, 0.717) is 11.5 Å². The standard InChI is InChI=1S/C20H17N2O4P/c23-17-10-11-18(24)22-20(16-9-5-13-26-16)27(14-6-2-1-3-7-14)19(21(17)22)15-8-4-12-25-15/h1-9,12-13,19-20H,10-11H2/t19-,20-/m0/s1. The van der Waals surface area contributed by atoms with Crippen LogP contribution in [-0.4, -0.2) is 21.8 Å². The maximum Gasteiger partial charge on any atom is 0.242 e. The lowest BCUT2D eigenvalue weighted by molar-refractivity contribution is -0.172. The van der Waals surface area contributed by atoms with Crippen molar-refractivity contribution >= 4 is 25.0 Å². The first-order valence-corrected chi connectivity index (χ1v) is 10.3. The van der Waals surface area contributed by atoms with E-state index in [1.54, 1.807) is 22.5 Å². The molecule has 5 rings (SSSR count). The molecule has 136 valence electrons. The topological polar surface area (TPSA) is 66.9 Å². The normalized spacial score (nSPS) is 23.1. The zero-order valence-electron chi connectivity index (χ0n) is 14.4. The van der Waals surface area contributed by atoms with Crippen LogP contribution in [0.15, 0.2) is 76.0 Å². The molecule has 0 N–H and O–H groups in total. The van der Waals surface area contributed by atoms with Gasteiger partial charge in [-0.3, -0.25) is 9.59 Å². The fourth-order valence-electron chi connectivity index (χ4n) is 3.84. The van der Waals surface area contributed by atoms with E-state index < -0.39 is 7.92 Å². The zero-order valence-corrected chi connectivity index (χ0v) is 15.3. The van der Waals surface area contributed by atoms with Crippen LogP contribution in [0.1, 0.15) is 35.9 Å². The van der Waals surface area contributed by atoms with Crippen molar-refractivity contribution in [1.82, 2.24) is 10.0 Å². The molecule has 2 saturated heterocycles. The SMILES string of the molecule is O=C1CCC(=O)N2[C@H](c3ccco3)P(c3ccccc3)[C@@H](c3ccco3)N12. The maximum absolute atomic E-state index is 12.9. The second kappa shape index (κ2) is 6.39. The van der Waals surface area contributed by atoms with Crippen molar-refractivity contribution in [2.45, 2.75) is 24.4 Å². The van der Waals surface area contributed by atoms with Crippen LogP contribution in [0.5, 0.6) is 0 Å². The lowest BCUT2D eigenvalue weighted by atomic mass is 10.2. The molecule has 2 aromatic heterocycles. The summed E-state index contributed by atoms with van der Waals surface area (Å²) in [5, 5.41) is 4.30. The molecule has 3 aromatic rings. The van der Waals surface area contributed by atoms with Crippen LogP contribution >= 0.6 is 7.92 Å². The Kier molecular flexibility index (Phi) is 3.87. The van der Waals surface area contributed by atoms with Gasteiger partial charge in [0.05, 0.1) is 12.5 Å². The molecule has 0 aliphatic carbocycles. The Hall–Kier alpha value is -2.85. The third-order valence-electron chi connectivity index (χ3n) is 4.94. The molecule has 2 amide bonds. The monoisotopic (exact) mass is 380 g/mol. The Labute approximate surface area is 157 Å². The van der Waals surface area contributed by atoms with Gasteiger partial charge in [0.2, 0.25) is 11.8 Å². The number of hydrogen-bond acceptors (Lipinski definition) is 4. The van der Waals surface area contributed by atoms with Crippen LogP contribution in [0.4, 0.5) is 0 Å². The first-order chi connectivity index (χ1) is 13.3. The fraction of sp³-hybridized carbons (Fsp3) is 0.200. The number of carbonyl (C=O) groups is 2. The Morgan fingerprint density at radius 3 is 1.70 bits per heavy atom. The van der Waals surface area contributed by atoms with Gasteiger partial charge in [-0.2, -0.15) is 0 Å². The first kappa shape index (κ1) is 16.3. The van der Waals surface area contributed by atoms with Crippen LogP contribution in [0.25, 0.3) is 0 Å². The summed E-state index contributed by atoms with van der Waals surface area (Å²) < 4.78 is 11.4. The molecule has 0 saturated carbocycles. The smallest absolute Gasteiger partial charge is 0.242 e. The number of furan rings is 2. The van der Waals surface area contributed by atoms with Crippen LogP contribution in [-0.2, 0) is 9.59 Å². The lowest BCUT2D eigenvalue weighted by Gasteiger charge is -2.36. The number of rotatable bonds is 3. The second-order valence-corrected chi connectivity index (χ2v) is 8.81. The minimum absolute atomic E-state index is 0.0616. The number of hydrogen-bond donors (Lipinski definition) is 0. The summed E-state index contributed by atoms with van der Waals surface area (Å²) in [6.45, 7) is 0. The van der Waals surface area contributed by atoms with E-state index >= 15 is 0 Å². The largest absolute Gasteiger partial charge is 0.467 e. The summed E-state index contributed by atoms with van der Waals surface area (Å²) in [5.74, 6) is 0.564. The number of amides is 2. The summed E-state index contributed by atoms with van der Waals surface area (Å²) in [5.41, 5.74) is 0. The molecular formula is C20H17N2O4P.